The summed E-state index contributed by atoms with van der Waals surface area (Å²) in [5, 5.41) is 0.899. The van der Waals surface area contributed by atoms with Gasteiger partial charge in [-0.1, -0.05) is 11.8 Å². The molecule has 1 heterocycles. The number of carbonyl (C=O) groups is 1. The number of carbonyl (C=O) groups excluding carboxylic acids is 1. The molecule has 5 heteroatoms. The van der Waals surface area contributed by atoms with Gasteiger partial charge in [-0.15, -0.1) is 0 Å². The number of aromatic amines is 1. The molecule has 1 aliphatic rings. The number of hydrogen-bond acceptors (Lipinski definition) is 4. The maximum Gasteiger partial charge on any atom is 0.167 e. The van der Waals surface area contributed by atoms with Gasteiger partial charge in [-0.25, -0.2) is 4.98 Å². The maximum atomic E-state index is 11.7. The van der Waals surface area contributed by atoms with Crippen molar-refractivity contribution < 1.29 is 9.53 Å². The Morgan fingerprint density at radius 1 is 1.53 bits per heavy atom. The predicted molar refractivity (Wildman–Crippen MR) is 75.8 cm³/mol. The van der Waals surface area contributed by atoms with Crippen molar-refractivity contribution in [1.82, 2.24) is 9.97 Å². The molecule has 1 fully saturated rings. The van der Waals surface area contributed by atoms with Gasteiger partial charge in [-0.3, -0.25) is 4.79 Å². The van der Waals surface area contributed by atoms with E-state index in [4.69, 9.17) is 4.74 Å². The van der Waals surface area contributed by atoms with E-state index in [1.54, 1.807) is 11.8 Å². The van der Waals surface area contributed by atoms with E-state index in [0.29, 0.717) is 18.8 Å². The standard InChI is InChI=1S/C14H16N2O2S/c1-2-18-9-6-7-10-11(8-9)16-14(15-10)19-13-5-3-4-12(13)17/h6-8,13H,2-5H2,1H3,(H,15,16). The minimum Gasteiger partial charge on any atom is -0.494 e. The van der Waals surface area contributed by atoms with Gasteiger partial charge in [-0.2, -0.15) is 0 Å². The van der Waals surface area contributed by atoms with Gasteiger partial charge in [0.05, 0.1) is 22.9 Å². The molecule has 1 aromatic heterocycles. The van der Waals surface area contributed by atoms with Crippen molar-refractivity contribution >= 4 is 28.6 Å². The summed E-state index contributed by atoms with van der Waals surface area (Å²) < 4.78 is 5.47. The van der Waals surface area contributed by atoms with Gasteiger partial charge in [0.1, 0.15) is 11.5 Å². The Balaban J connectivity index is 1.82. The van der Waals surface area contributed by atoms with Gasteiger partial charge >= 0.3 is 0 Å². The minimum atomic E-state index is 0.0759. The van der Waals surface area contributed by atoms with Crippen molar-refractivity contribution in [2.45, 2.75) is 36.6 Å². The number of ketones is 1. The summed E-state index contributed by atoms with van der Waals surface area (Å²) in [6, 6.07) is 5.81. The number of Topliss-reactive ketones (excluding diaryl/α,β-unsaturated/α-hetero) is 1. The molecule has 4 nitrogen and oxygen atoms in total. The molecule has 0 aliphatic heterocycles. The summed E-state index contributed by atoms with van der Waals surface area (Å²) in [4.78, 5) is 19.4. The third-order valence-electron chi connectivity index (χ3n) is 3.25. The average Bonchev–Trinajstić information content (AvgIpc) is 2.96. The smallest absolute Gasteiger partial charge is 0.167 e. The molecule has 100 valence electrons. The molecule has 0 amide bonds. The quantitative estimate of drug-likeness (QED) is 0.932. The summed E-state index contributed by atoms with van der Waals surface area (Å²) in [6.07, 6.45) is 2.68. The van der Waals surface area contributed by atoms with Crippen LogP contribution in [0.3, 0.4) is 0 Å². The van der Waals surface area contributed by atoms with Gasteiger partial charge < -0.3 is 9.72 Å². The van der Waals surface area contributed by atoms with Crippen LogP contribution < -0.4 is 4.74 Å². The van der Waals surface area contributed by atoms with Crippen molar-refractivity contribution in [1.29, 1.82) is 0 Å². The molecule has 1 saturated carbocycles. The van der Waals surface area contributed by atoms with Crippen molar-refractivity contribution in [3.63, 3.8) is 0 Å². The molecule has 1 aromatic carbocycles. The Morgan fingerprint density at radius 3 is 3.16 bits per heavy atom. The number of thioether (sulfide) groups is 1. The molecule has 1 aliphatic carbocycles. The lowest BCUT2D eigenvalue weighted by Gasteiger charge is -2.03. The van der Waals surface area contributed by atoms with Crippen LogP contribution in [0.5, 0.6) is 5.75 Å². The van der Waals surface area contributed by atoms with Crippen molar-refractivity contribution in [2.75, 3.05) is 6.61 Å². The SMILES string of the molecule is CCOc1ccc2nc(SC3CCCC3=O)[nH]c2c1. The van der Waals surface area contributed by atoms with Gasteiger partial charge in [0, 0.05) is 12.5 Å². The molecular weight excluding hydrogens is 260 g/mol. The van der Waals surface area contributed by atoms with Gasteiger partial charge in [0.2, 0.25) is 0 Å². The number of nitrogens with one attached hydrogen (secondary N) is 1. The Kier molecular flexibility index (Phi) is 3.46. The van der Waals surface area contributed by atoms with Crippen LogP contribution in [0.1, 0.15) is 26.2 Å². The van der Waals surface area contributed by atoms with Crippen LogP contribution in [0.15, 0.2) is 23.4 Å². The topological polar surface area (TPSA) is 55.0 Å². The Labute approximate surface area is 115 Å². The number of ether oxygens (including phenoxy) is 1. The fourth-order valence-electron chi connectivity index (χ4n) is 2.32. The van der Waals surface area contributed by atoms with E-state index < -0.39 is 0 Å². The third-order valence-corrected chi connectivity index (χ3v) is 4.44. The molecule has 2 aromatic rings. The highest BCUT2D eigenvalue weighted by Crippen LogP contribution is 2.32. The van der Waals surface area contributed by atoms with Crippen molar-refractivity contribution in [3.8, 4) is 5.75 Å². The third kappa shape index (κ3) is 2.61. The van der Waals surface area contributed by atoms with Crippen LogP contribution in [-0.4, -0.2) is 27.6 Å². The Bertz CT molecular complexity index is 609. The number of benzene rings is 1. The molecule has 1 N–H and O–H groups in total. The number of nitrogens with zero attached hydrogens (tertiary/aromatic N) is 1. The van der Waals surface area contributed by atoms with Crippen LogP contribution in [0.25, 0.3) is 11.0 Å². The number of fused-ring (bicyclic) bond motifs is 1. The van der Waals surface area contributed by atoms with Gasteiger partial charge in [-0.05, 0) is 31.9 Å². The molecule has 19 heavy (non-hydrogen) atoms. The first kappa shape index (κ1) is 12.5. The molecular formula is C14H16N2O2S. The minimum absolute atomic E-state index is 0.0759. The highest BCUT2D eigenvalue weighted by molar-refractivity contribution is 8.00. The molecule has 3 rings (SSSR count). The molecule has 1 atom stereocenters. The summed E-state index contributed by atoms with van der Waals surface area (Å²) in [6.45, 7) is 2.61. The van der Waals surface area contributed by atoms with Gasteiger partial charge in [0.25, 0.3) is 0 Å². The average molecular weight is 276 g/mol. The first-order valence-electron chi connectivity index (χ1n) is 6.58. The molecule has 1 unspecified atom stereocenters. The summed E-state index contributed by atoms with van der Waals surface area (Å²) in [5.41, 5.74) is 1.87. The number of rotatable bonds is 4. The second kappa shape index (κ2) is 5.25. The van der Waals surface area contributed by atoms with Crippen LogP contribution in [-0.2, 0) is 4.79 Å². The predicted octanol–water partition coefficient (Wildman–Crippen LogP) is 3.18. The zero-order valence-electron chi connectivity index (χ0n) is 10.8. The van der Waals surface area contributed by atoms with Crippen LogP contribution in [0.2, 0.25) is 0 Å². The van der Waals surface area contributed by atoms with E-state index in [1.165, 1.54) is 0 Å². The summed E-state index contributed by atoms with van der Waals surface area (Å²) in [5.74, 6) is 1.19. The number of imidazole rings is 1. The van der Waals surface area contributed by atoms with E-state index in [1.807, 2.05) is 25.1 Å². The van der Waals surface area contributed by atoms with Crippen molar-refractivity contribution in [3.05, 3.63) is 18.2 Å². The highest BCUT2D eigenvalue weighted by Gasteiger charge is 2.26. The summed E-state index contributed by atoms with van der Waals surface area (Å²) in [7, 11) is 0. The first-order valence-corrected chi connectivity index (χ1v) is 7.46. The van der Waals surface area contributed by atoms with Crippen LogP contribution in [0.4, 0.5) is 0 Å². The molecule has 0 bridgehead atoms. The largest absolute Gasteiger partial charge is 0.494 e. The number of aromatic nitrogens is 2. The normalized spacial score (nSPS) is 19.2. The lowest BCUT2D eigenvalue weighted by Crippen LogP contribution is -2.07. The van der Waals surface area contributed by atoms with E-state index in [-0.39, 0.29) is 5.25 Å². The second-order valence-corrected chi connectivity index (χ2v) is 5.81. The van der Waals surface area contributed by atoms with Gasteiger partial charge in [0.15, 0.2) is 5.16 Å². The van der Waals surface area contributed by atoms with E-state index in [0.717, 1.165) is 34.8 Å². The molecule has 0 spiro atoms. The van der Waals surface area contributed by atoms with E-state index in [2.05, 4.69) is 9.97 Å². The second-order valence-electron chi connectivity index (χ2n) is 4.62. The zero-order valence-corrected chi connectivity index (χ0v) is 11.6. The zero-order chi connectivity index (χ0) is 13.2. The van der Waals surface area contributed by atoms with Crippen LogP contribution >= 0.6 is 11.8 Å². The maximum absolute atomic E-state index is 11.7. The van der Waals surface area contributed by atoms with Crippen molar-refractivity contribution in [2.24, 2.45) is 0 Å². The number of H-pyrrole nitrogens is 1. The van der Waals surface area contributed by atoms with E-state index >= 15 is 0 Å². The molecule has 0 radical (unpaired) electrons. The monoisotopic (exact) mass is 276 g/mol. The van der Waals surface area contributed by atoms with Crippen LogP contribution in [0, 0.1) is 0 Å². The van der Waals surface area contributed by atoms with E-state index in [9.17, 15) is 4.79 Å². The fourth-order valence-corrected chi connectivity index (χ4v) is 3.44. The lowest BCUT2D eigenvalue weighted by molar-refractivity contribution is -0.116. The fraction of sp³-hybridized carbons (Fsp3) is 0.429. The molecule has 0 saturated heterocycles. The lowest BCUT2D eigenvalue weighted by atomic mass is 10.3. The Hall–Kier alpha value is -1.49. The number of hydrogen-bond donors (Lipinski definition) is 1. The highest BCUT2D eigenvalue weighted by atomic mass is 32.2. The first-order chi connectivity index (χ1) is 9.26. The summed E-state index contributed by atoms with van der Waals surface area (Å²) >= 11 is 1.55. The Morgan fingerprint density at radius 2 is 2.42 bits per heavy atom.